The van der Waals surface area contributed by atoms with Crippen molar-refractivity contribution in [2.75, 3.05) is 22.4 Å². The maximum atomic E-state index is 12.5. The lowest BCUT2D eigenvalue weighted by molar-refractivity contribution is -0.114. The van der Waals surface area contributed by atoms with Crippen molar-refractivity contribution >= 4 is 48.3 Å². The van der Waals surface area contributed by atoms with Crippen LogP contribution in [0, 0.1) is 20.8 Å². The van der Waals surface area contributed by atoms with Gasteiger partial charge >= 0.3 is 0 Å². The summed E-state index contributed by atoms with van der Waals surface area (Å²) >= 11 is 1.38. The molecule has 0 bridgehead atoms. The molecule has 1 heterocycles. The average Bonchev–Trinajstić information content (AvgIpc) is 2.95. The zero-order chi connectivity index (χ0) is 19.8. The van der Waals surface area contributed by atoms with Gasteiger partial charge in [-0.05, 0) is 49.6 Å². The molecule has 0 unspecified atom stereocenters. The van der Waals surface area contributed by atoms with Crippen LogP contribution in [0.25, 0.3) is 10.2 Å². The normalized spacial score (nSPS) is 11.6. The van der Waals surface area contributed by atoms with E-state index in [9.17, 15) is 13.2 Å². The van der Waals surface area contributed by atoms with Crippen LogP contribution in [0.15, 0.2) is 36.4 Å². The first-order valence-corrected chi connectivity index (χ1v) is 11.0. The van der Waals surface area contributed by atoms with Gasteiger partial charge in [0.2, 0.25) is 15.9 Å². The summed E-state index contributed by atoms with van der Waals surface area (Å²) in [6.45, 7) is 5.49. The third kappa shape index (κ3) is 4.28. The first-order valence-electron chi connectivity index (χ1n) is 8.36. The van der Waals surface area contributed by atoms with Gasteiger partial charge in [0, 0.05) is 0 Å². The summed E-state index contributed by atoms with van der Waals surface area (Å²) in [5, 5.41) is 3.19. The van der Waals surface area contributed by atoms with E-state index in [2.05, 4.69) is 10.3 Å². The van der Waals surface area contributed by atoms with E-state index < -0.39 is 15.9 Å². The lowest BCUT2D eigenvalue weighted by atomic mass is 10.1. The second-order valence-electron chi connectivity index (χ2n) is 6.55. The summed E-state index contributed by atoms with van der Waals surface area (Å²) in [5.74, 6) is -0.433. The predicted molar refractivity (Wildman–Crippen MR) is 111 cm³/mol. The number of aromatic nitrogens is 1. The number of hydrogen-bond donors (Lipinski definition) is 1. The molecule has 0 aliphatic rings. The lowest BCUT2D eigenvalue weighted by Gasteiger charge is -2.23. The van der Waals surface area contributed by atoms with Gasteiger partial charge in [0.15, 0.2) is 5.13 Å². The molecular weight excluding hydrogens is 382 g/mol. The summed E-state index contributed by atoms with van der Waals surface area (Å²) < 4.78 is 26.6. The molecule has 0 fully saturated rings. The number of carbonyl (C=O) groups is 1. The van der Waals surface area contributed by atoms with Crippen molar-refractivity contribution in [1.82, 2.24) is 4.98 Å². The van der Waals surface area contributed by atoms with Crippen molar-refractivity contribution in [2.24, 2.45) is 0 Å². The fourth-order valence-corrected chi connectivity index (χ4v) is 4.91. The van der Waals surface area contributed by atoms with E-state index >= 15 is 0 Å². The summed E-state index contributed by atoms with van der Waals surface area (Å²) in [7, 11) is -3.61. The highest BCUT2D eigenvalue weighted by Gasteiger charge is 2.22. The minimum absolute atomic E-state index is 0.308. The first-order chi connectivity index (χ1) is 12.6. The predicted octanol–water partition coefficient (Wildman–Crippen LogP) is 3.63. The molecule has 1 amide bonds. The minimum atomic E-state index is -3.61. The maximum Gasteiger partial charge on any atom is 0.246 e. The molecule has 8 heteroatoms. The van der Waals surface area contributed by atoms with Gasteiger partial charge < -0.3 is 5.32 Å². The van der Waals surface area contributed by atoms with Crippen LogP contribution in [-0.4, -0.2) is 32.1 Å². The Hall–Kier alpha value is -2.45. The van der Waals surface area contributed by atoms with Crippen LogP contribution in [0.3, 0.4) is 0 Å². The van der Waals surface area contributed by atoms with Crippen LogP contribution >= 0.6 is 11.3 Å². The Balaban J connectivity index is 1.85. The molecule has 142 valence electrons. The second kappa shape index (κ2) is 7.28. The van der Waals surface area contributed by atoms with E-state index in [1.807, 2.05) is 45.0 Å². The molecule has 0 saturated carbocycles. The molecule has 0 saturated heterocycles. The first kappa shape index (κ1) is 19.3. The van der Waals surface area contributed by atoms with Gasteiger partial charge in [0.1, 0.15) is 6.54 Å². The number of nitrogens with one attached hydrogen (secondary N) is 1. The second-order valence-corrected chi connectivity index (χ2v) is 9.49. The molecule has 27 heavy (non-hydrogen) atoms. The Morgan fingerprint density at radius 1 is 1.15 bits per heavy atom. The number of aryl methyl sites for hydroxylation is 3. The van der Waals surface area contributed by atoms with Crippen LogP contribution in [0.2, 0.25) is 0 Å². The Morgan fingerprint density at radius 3 is 2.52 bits per heavy atom. The quantitative estimate of drug-likeness (QED) is 0.706. The highest BCUT2D eigenvalue weighted by atomic mass is 32.2. The molecule has 1 aromatic heterocycles. The monoisotopic (exact) mass is 403 g/mol. The summed E-state index contributed by atoms with van der Waals surface area (Å²) in [5.41, 5.74) is 4.29. The van der Waals surface area contributed by atoms with Gasteiger partial charge in [0.25, 0.3) is 0 Å². The Kier molecular flexibility index (Phi) is 5.21. The number of anilines is 2. The fraction of sp³-hybridized carbons (Fsp3) is 0.263. The number of nitrogens with zero attached hydrogens (tertiary/aromatic N) is 2. The zero-order valence-corrected chi connectivity index (χ0v) is 17.2. The largest absolute Gasteiger partial charge is 0.300 e. The number of benzene rings is 2. The average molecular weight is 404 g/mol. The Labute approximate surface area is 162 Å². The number of fused-ring (bicyclic) bond motifs is 1. The molecule has 2 aromatic carbocycles. The molecule has 0 aliphatic carbocycles. The number of amides is 1. The third-order valence-corrected chi connectivity index (χ3v) is 6.19. The van der Waals surface area contributed by atoms with Gasteiger partial charge in [-0.25, -0.2) is 13.4 Å². The van der Waals surface area contributed by atoms with Crippen molar-refractivity contribution in [2.45, 2.75) is 20.8 Å². The molecule has 0 spiro atoms. The highest BCUT2D eigenvalue weighted by Crippen LogP contribution is 2.29. The van der Waals surface area contributed by atoms with Gasteiger partial charge in [-0.15, -0.1) is 0 Å². The molecule has 3 aromatic rings. The number of sulfonamides is 1. The number of para-hydroxylation sites is 1. The topological polar surface area (TPSA) is 79.4 Å². The Bertz CT molecular complexity index is 1120. The van der Waals surface area contributed by atoms with Crippen molar-refractivity contribution in [3.63, 3.8) is 0 Å². The number of carbonyl (C=O) groups excluding carboxylic acids is 1. The zero-order valence-electron chi connectivity index (χ0n) is 15.6. The standard InChI is InChI=1S/C19H21N3O3S2/c1-12-9-14(3)18-16(10-12)26-19(21-18)20-17(23)11-22(27(4,24)25)15-8-6-5-7-13(15)2/h5-10H,11H2,1-4H3,(H,20,21,23). The van der Waals surface area contributed by atoms with E-state index in [0.29, 0.717) is 10.8 Å². The third-order valence-electron chi connectivity index (χ3n) is 4.15. The number of rotatable bonds is 5. The van der Waals surface area contributed by atoms with Crippen LogP contribution in [0.4, 0.5) is 10.8 Å². The Morgan fingerprint density at radius 2 is 1.85 bits per heavy atom. The molecule has 6 nitrogen and oxygen atoms in total. The van der Waals surface area contributed by atoms with Crippen molar-refractivity contribution in [1.29, 1.82) is 0 Å². The smallest absolute Gasteiger partial charge is 0.246 e. The molecule has 0 radical (unpaired) electrons. The van der Waals surface area contributed by atoms with Gasteiger partial charge in [-0.2, -0.15) is 0 Å². The maximum absolute atomic E-state index is 12.5. The molecule has 1 N–H and O–H groups in total. The molecular formula is C19H21N3O3S2. The fourth-order valence-electron chi connectivity index (χ4n) is 2.94. The van der Waals surface area contributed by atoms with Crippen LogP contribution in [-0.2, 0) is 14.8 Å². The lowest BCUT2D eigenvalue weighted by Crippen LogP contribution is -2.37. The van der Waals surface area contributed by atoms with Crippen LogP contribution < -0.4 is 9.62 Å². The van der Waals surface area contributed by atoms with E-state index in [4.69, 9.17) is 0 Å². The van der Waals surface area contributed by atoms with Gasteiger partial charge in [-0.1, -0.05) is 35.6 Å². The van der Waals surface area contributed by atoms with Crippen LogP contribution in [0.1, 0.15) is 16.7 Å². The molecule has 3 rings (SSSR count). The van der Waals surface area contributed by atoms with E-state index in [0.717, 1.165) is 37.5 Å². The molecule has 0 atom stereocenters. The number of hydrogen-bond acceptors (Lipinski definition) is 5. The SMILES string of the molecule is Cc1cc(C)c2nc(NC(=O)CN(c3ccccc3C)S(C)(=O)=O)sc2c1. The van der Waals surface area contributed by atoms with Gasteiger partial charge in [0.05, 0.1) is 22.2 Å². The van der Waals surface area contributed by atoms with Crippen LogP contribution in [0.5, 0.6) is 0 Å². The van der Waals surface area contributed by atoms with E-state index in [1.165, 1.54) is 11.3 Å². The molecule has 0 aliphatic heterocycles. The van der Waals surface area contributed by atoms with Crippen molar-refractivity contribution in [3.8, 4) is 0 Å². The highest BCUT2D eigenvalue weighted by molar-refractivity contribution is 7.92. The summed E-state index contributed by atoms with van der Waals surface area (Å²) in [6.07, 6.45) is 1.09. The van der Waals surface area contributed by atoms with E-state index in [-0.39, 0.29) is 6.54 Å². The van der Waals surface area contributed by atoms with Crippen molar-refractivity contribution < 1.29 is 13.2 Å². The summed E-state index contributed by atoms with van der Waals surface area (Å²) in [4.78, 5) is 17.0. The van der Waals surface area contributed by atoms with Crippen molar-refractivity contribution in [3.05, 3.63) is 53.1 Å². The summed E-state index contributed by atoms with van der Waals surface area (Å²) in [6, 6.07) is 11.1. The number of thiazole rings is 1. The van der Waals surface area contributed by atoms with E-state index in [1.54, 1.807) is 12.1 Å². The van der Waals surface area contributed by atoms with Gasteiger partial charge in [-0.3, -0.25) is 9.10 Å². The minimum Gasteiger partial charge on any atom is -0.300 e.